The molecular weight excluding hydrogens is 468 g/mol. The van der Waals surface area contributed by atoms with Crippen molar-refractivity contribution < 1.29 is 29.1 Å². The fourth-order valence-corrected chi connectivity index (χ4v) is 2.92. The number of carbonyl (C=O) groups is 5. The molecule has 0 saturated carbocycles. The number of amides is 4. The van der Waals surface area contributed by atoms with Crippen LogP contribution in [0.3, 0.4) is 0 Å². The van der Waals surface area contributed by atoms with Crippen molar-refractivity contribution in [3.8, 4) is 0 Å². The zero-order chi connectivity index (χ0) is 26.4. The molecular formula is C19H36N8O6S. The Morgan fingerprint density at radius 3 is 2.00 bits per heavy atom. The van der Waals surface area contributed by atoms with Crippen molar-refractivity contribution in [1.82, 2.24) is 16.0 Å². The summed E-state index contributed by atoms with van der Waals surface area (Å²) in [5, 5.41) is 16.6. The molecule has 0 spiro atoms. The van der Waals surface area contributed by atoms with Crippen LogP contribution in [-0.4, -0.2) is 77.1 Å². The Labute approximate surface area is 203 Å². The van der Waals surface area contributed by atoms with E-state index in [1.807, 2.05) is 0 Å². The van der Waals surface area contributed by atoms with Gasteiger partial charge in [-0.25, -0.2) is 4.79 Å². The number of thiol groups is 1. The lowest BCUT2D eigenvalue weighted by atomic mass is 9.98. The van der Waals surface area contributed by atoms with Crippen molar-refractivity contribution in [2.75, 3.05) is 12.3 Å². The second-order valence-corrected chi connectivity index (χ2v) is 8.11. The number of guanidine groups is 1. The molecule has 0 aromatic heterocycles. The second-order valence-electron chi connectivity index (χ2n) is 7.74. The largest absolute Gasteiger partial charge is 0.480 e. The van der Waals surface area contributed by atoms with Gasteiger partial charge < -0.3 is 44.0 Å². The standard InChI is InChI=1S/C19H36N8O6S/c1-3-9(2)14(18(32)33)27-16(30)11(5-4-6-24-19(22)23)25-17(31)12(7-13(21)28)26-15(29)10(20)8-34/h9-12,14,34H,3-8,20H2,1-2H3,(H2,21,28)(H,25,31)(H,26,29)(H,27,30)(H,32,33)(H4,22,23,24). The van der Waals surface area contributed by atoms with Gasteiger partial charge in [0.25, 0.3) is 0 Å². The van der Waals surface area contributed by atoms with Gasteiger partial charge in [0.15, 0.2) is 5.96 Å². The lowest BCUT2D eigenvalue weighted by molar-refractivity contribution is -0.144. The minimum absolute atomic E-state index is 0.0151. The quantitative estimate of drug-likeness (QED) is 0.0442. The first-order valence-corrected chi connectivity index (χ1v) is 11.3. The maximum atomic E-state index is 12.9. The molecule has 0 saturated heterocycles. The molecule has 0 aliphatic heterocycles. The highest BCUT2D eigenvalue weighted by molar-refractivity contribution is 7.80. The smallest absolute Gasteiger partial charge is 0.326 e. The van der Waals surface area contributed by atoms with E-state index in [0.717, 1.165) is 0 Å². The lowest BCUT2D eigenvalue weighted by Gasteiger charge is -2.26. The highest BCUT2D eigenvalue weighted by Crippen LogP contribution is 2.10. The Morgan fingerprint density at radius 2 is 1.53 bits per heavy atom. The summed E-state index contributed by atoms with van der Waals surface area (Å²) in [5.74, 6) is -5.05. The topological polar surface area (TPSA) is 258 Å². The number of aliphatic imine (C=N–C) groups is 1. The minimum Gasteiger partial charge on any atom is -0.480 e. The van der Waals surface area contributed by atoms with E-state index in [-0.39, 0.29) is 37.0 Å². The van der Waals surface area contributed by atoms with Crippen molar-refractivity contribution in [3.63, 3.8) is 0 Å². The molecule has 0 aromatic carbocycles. The molecule has 5 unspecified atom stereocenters. The summed E-state index contributed by atoms with van der Waals surface area (Å²) in [7, 11) is 0. The SMILES string of the molecule is CCC(C)C(NC(=O)C(CCCN=C(N)N)NC(=O)C(CC(N)=O)NC(=O)C(N)CS)C(=O)O. The molecule has 14 nitrogen and oxygen atoms in total. The van der Waals surface area contributed by atoms with Crippen LogP contribution >= 0.6 is 12.6 Å². The summed E-state index contributed by atoms with van der Waals surface area (Å²) in [6.07, 6.45) is 0.226. The molecule has 0 aromatic rings. The first-order chi connectivity index (χ1) is 15.8. The zero-order valence-corrected chi connectivity index (χ0v) is 20.2. The number of carbonyl (C=O) groups excluding carboxylic acids is 4. The normalized spacial score (nSPS) is 15.1. The molecule has 4 amide bonds. The van der Waals surface area contributed by atoms with Gasteiger partial charge >= 0.3 is 5.97 Å². The van der Waals surface area contributed by atoms with Crippen molar-refractivity contribution >= 4 is 48.2 Å². The van der Waals surface area contributed by atoms with E-state index in [0.29, 0.717) is 6.42 Å². The molecule has 0 radical (unpaired) electrons. The van der Waals surface area contributed by atoms with E-state index in [2.05, 4.69) is 33.6 Å². The van der Waals surface area contributed by atoms with Crippen molar-refractivity contribution in [2.24, 2.45) is 33.8 Å². The Bertz CT molecular complexity index is 761. The van der Waals surface area contributed by atoms with E-state index >= 15 is 0 Å². The van der Waals surface area contributed by atoms with Gasteiger partial charge in [-0.3, -0.25) is 24.2 Å². The van der Waals surface area contributed by atoms with Gasteiger partial charge in [0.2, 0.25) is 23.6 Å². The van der Waals surface area contributed by atoms with Crippen LogP contribution < -0.4 is 38.9 Å². The van der Waals surface area contributed by atoms with Gasteiger partial charge in [-0.1, -0.05) is 20.3 Å². The van der Waals surface area contributed by atoms with Gasteiger partial charge in [0, 0.05) is 12.3 Å². The van der Waals surface area contributed by atoms with Crippen LogP contribution in [0.5, 0.6) is 0 Å². The number of rotatable bonds is 16. The molecule has 34 heavy (non-hydrogen) atoms. The fraction of sp³-hybridized carbons (Fsp3) is 0.684. The molecule has 0 aliphatic carbocycles. The van der Waals surface area contributed by atoms with Crippen molar-refractivity contribution in [2.45, 2.75) is 63.7 Å². The van der Waals surface area contributed by atoms with Crippen LogP contribution in [0.15, 0.2) is 4.99 Å². The highest BCUT2D eigenvalue weighted by Gasteiger charge is 2.32. The summed E-state index contributed by atoms with van der Waals surface area (Å²) < 4.78 is 0. The molecule has 0 bridgehead atoms. The Hall–Kier alpha value is -3.07. The van der Waals surface area contributed by atoms with E-state index in [4.69, 9.17) is 22.9 Å². The summed E-state index contributed by atoms with van der Waals surface area (Å²) >= 11 is 3.91. The highest BCUT2D eigenvalue weighted by atomic mass is 32.1. The maximum absolute atomic E-state index is 12.9. The summed E-state index contributed by atoms with van der Waals surface area (Å²) in [6.45, 7) is 3.58. The number of nitrogens with one attached hydrogen (secondary N) is 3. The average Bonchev–Trinajstić information content (AvgIpc) is 2.76. The Morgan fingerprint density at radius 1 is 0.971 bits per heavy atom. The van der Waals surface area contributed by atoms with Crippen LogP contribution in [-0.2, 0) is 24.0 Å². The Kier molecular flexibility index (Phi) is 14.3. The monoisotopic (exact) mass is 504 g/mol. The number of aliphatic carboxylic acids is 1. The molecule has 0 rings (SSSR count). The number of hydrogen-bond donors (Lipinski definition) is 9. The number of nitrogens with zero attached hydrogens (tertiary/aromatic N) is 1. The summed E-state index contributed by atoms with van der Waals surface area (Å²) in [5.41, 5.74) is 21.3. The molecule has 0 aliphatic rings. The van der Waals surface area contributed by atoms with Crippen molar-refractivity contribution in [3.05, 3.63) is 0 Å². The zero-order valence-electron chi connectivity index (χ0n) is 19.3. The van der Waals surface area contributed by atoms with E-state index in [9.17, 15) is 29.1 Å². The third-order valence-electron chi connectivity index (χ3n) is 4.93. The first-order valence-electron chi connectivity index (χ1n) is 10.7. The lowest BCUT2D eigenvalue weighted by Crippen LogP contribution is -2.58. The predicted octanol–water partition coefficient (Wildman–Crippen LogP) is -3.24. The summed E-state index contributed by atoms with van der Waals surface area (Å²) in [4.78, 5) is 64.6. The average molecular weight is 505 g/mol. The molecule has 0 fully saturated rings. The second kappa shape index (κ2) is 15.7. The first kappa shape index (κ1) is 30.9. The molecule has 5 atom stereocenters. The van der Waals surface area contributed by atoms with Crippen LogP contribution in [0.2, 0.25) is 0 Å². The molecule has 15 heteroatoms. The van der Waals surface area contributed by atoms with Gasteiger partial charge in [-0.05, 0) is 18.8 Å². The molecule has 12 N–H and O–H groups in total. The fourth-order valence-electron chi connectivity index (χ4n) is 2.75. The number of nitrogens with two attached hydrogens (primary N) is 4. The van der Waals surface area contributed by atoms with E-state index < -0.39 is 60.2 Å². The number of carboxylic acid groups (broad SMARTS) is 1. The maximum Gasteiger partial charge on any atom is 0.326 e. The van der Waals surface area contributed by atoms with Crippen LogP contribution in [0.4, 0.5) is 0 Å². The van der Waals surface area contributed by atoms with Crippen LogP contribution in [0.25, 0.3) is 0 Å². The van der Waals surface area contributed by atoms with E-state index in [1.54, 1.807) is 13.8 Å². The minimum atomic E-state index is -1.41. The molecule has 194 valence electrons. The van der Waals surface area contributed by atoms with Gasteiger partial charge in [-0.2, -0.15) is 12.6 Å². The van der Waals surface area contributed by atoms with Crippen LogP contribution in [0, 0.1) is 5.92 Å². The van der Waals surface area contributed by atoms with Gasteiger partial charge in [0.1, 0.15) is 18.1 Å². The van der Waals surface area contributed by atoms with Gasteiger partial charge in [-0.15, -0.1) is 0 Å². The molecule has 0 heterocycles. The van der Waals surface area contributed by atoms with Crippen LogP contribution in [0.1, 0.15) is 39.5 Å². The Balaban J connectivity index is 5.65. The summed E-state index contributed by atoms with van der Waals surface area (Å²) in [6, 6.07) is -4.85. The number of hydrogen-bond acceptors (Lipinski definition) is 8. The predicted molar refractivity (Wildman–Crippen MR) is 128 cm³/mol. The third kappa shape index (κ3) is 11.7. The van der Waals surface area contributed by atoms with Gasteiger partial charge in [0.05, 0.1) is 12.5 Å². The van der Waals surface area contributed by atoms with Crippen molar-refractivity contribution in [1.29, 1.82) is 0 Å². The van der Waals surface area contributed by atoms with E-state index in [1.165, 1.54) is 0 Å². The number of primary amides is 1. The third-order valence-corrected chi connectivity index (χ3v) is 5.32. The number of carboxylic acids is 1.